The molecule has 1 aromatic carbocycles. The van der Waals surface area contributed by atoms with E-state index in [4.69, 9.17) is 4.74 Å². The van der Waals surface area contributed by atoms with Gasteiger partial charge in [-0.3, -0.25) is 9.59 Å². The van der Waals surface area contributed by atoms with Crippen molar-refractivity contribution in [2.75, 3.05) is 13.2 Å². The van der Waals surface area contributed by atoms with Crippen LogP contribution in [0.5, 0.6) is 0 Å². The SMILES string of the molecule is CC(C)C[C@@H](NC(=O)[C@@H]1Cc2ccccc2CN1)C(=O)NC[C@@H]1CCCO1. The summed E-state index contributed by atoms with van der Waals surface area (Å²) >= 11 is 0. The van der Waals surface area contributed by atoms with Crippen LogP contribution < -0.4 is 16.0 Å². The van der Waals surface area contributed by atoms with Gasteiger partial charge in [0.15, 0.2) is 0 Å². The maximum atomic E-state index is 12.8. The highest BCUT2D eigenvalue weighted by Gasteiger charge is 2.29. The summed E-state index contributed by atoms with van der Waals surface area (Å²) in [5, 5.41) is 9.21. The van der Waals surface area contributed by atoms with E-state index in [0.717, 1.165) is 19.4 Å². The molecule has 1 saturated heterocycles. The smallest absolute Gasteiger partial charge is 0.242 e. The molecule has 27 heavy (non-hydrogen) atoms. The number of amides is 2. The number of carbonyl (C=O) groups is 2. The van der Waals surface area contributed by atoms with Crippen LogP contribution in [-0.4, -0.2) is 43.2 Å². The fourth-order valence-electron chi connectivity index (χ4n) is 3.76. The van der Waals surface area contributed by atoms with E-state index in [0.29, 0.717) is 31.8 Å². The van der Waals surface area contributed by atoms with E-state index in [9.17, 15) is 9.59 Å². The number of fused-ring (bicyclic) bond motifs is 1. The maximum absolute atomic E-state index is 12.8. The molecule has 3 atom stereocenters. The molecule has 148 valence electrons. The van der Waals surface area contributed by atoms with Crippen molar-refractivity contribution in [2.24, 2.45) is 5.92 Å². The molecule has 0 bridgehead atoms. The van der Waals surface area contributed by atoms with Gasteiger partial charge in [0.25, 0.3) is 0 Å². The zero-order valence-electron chi connectivity index (χ0n) is 16.3. The van der Waals surface area contributed by atoms with Gasteiger partial charge >= 0.3 is 0 Å². The monoisotopic (exact) mass is 373 g/mol. The third-order valence-electron chi connectivity index (χ3n) is 5.27. The van der Waals surface area contributed by atoms with E-state index in [2.05, 4.69) is 41.9 Å². The maximum Gasteiger partial charge on any atom is 0.242 e. The lowest BCUT2D eigenvalue weighted by molar-refractivity contribution is -0.130. The molecule has 0 unspecified atom stereocenters. The van der Waals surface area contributed by atoms with Crippen LogP contribution in [0.4, 0.5) is 0 Å². The Hall–Kier alpha value is -1.92. The quantitative estimate of drug-likeness (QED) is 0.677. The Kier molecular flexibility index (Phi) is 6.85. The molecule has 3 rings (SSSR count). The Morgan fingerprint density at radius 2 is 2.04 bits per heavy atom. The first-order valence-corrected chi connectivity index (χ1v) is 10.0. The van der Waals surface area contributed by atoms with Crippen molar-refractivity contribution in [2.45, 2.75) is 64.3 Å². The van der Waals surface area contributed by atoms with Gasteiger partial charge < -0.3 is 20.7 Å². The van der Waals surface area contributed by atoms with E-state index in [1.54, 1.807) is 0 Å². The second kappa shape index (κ2) is 9.33. The van der Waals surface area contributed by atoms with Crippen LogP contribution in [0.25, 0.3) is 0 Å². The third-order valence-corrected chi connectivity index (χ3v) is 5.27. The summed E-state index contributed by atoms with van der Waals surface area (Å²) in [6.45, 7) is 6.07. The number of hydrogen-bond acceptors (Lipinski definition) is 4. The third kappa shape index (κ3) is 5.53. The van der Waals surface area contributed by atoms with Crippen LogP contribution in [0.3, 0.4) is 0 Å². The number of hydrogen-bond donors (Lipinski definition) is 3. The molecule has 0 spiro atoms. The van der Waals surface area contributed by atoms with E-state index in [1.807, 2.05) is 12.1 Å². The number of ether oxygens (including phenoxy) is 1. The molecule has 2 heterocycles. The van der Waals surface area contributed by atoms with E-state index in [1.165, 1.54) is 11.1 Å². The lowest BCUT2D eigenvalue weighted by atomic mass is 9.95. The van der Waals surface area contributed by atoms with Gasteiger partial charge in [-0.25, -0.2) is 0 Å². The Morgan fingerprint density at radius 3 is 2.74 bits per heavy atom. The molecule has 2 aliphatic rings. The summed E-state index contributed by atoms with van der Waals surface area (Å²) in [4.78, 5) is 25.4. The van der Waals surface area contributed by atoms with Crippen molar-refractivity contribution in [3.63, 3.8) is 0 Å². The van der Waals surface area contributed by atoms with E-state index >= 15 is 0 Å². The molecule has 1 aromatic rings. The number of benzene rings is 1. The summed E-state index contributed by atoms with van der Waals surface area (Å²) in [7, 11) is 0. The fraction of sp³-hybridized carbons (Fsp3) is 0.619. The minimum absolute atomic E-state index is 0.0980. The molecule has 2 amide bonds. The molecule has 0 radical (unpaired) electrons. The molecule has 0 aromatic heterocycles. The minimum atomic E-state index is -0.516. The van der Waals surface area contributed by atoms with Crippen LogP contribution in [0.2, 0.25) is 0 Å². The zero-order chi connectivity index (χ0) is 19.2. The average molecular weight is 373 g/mol. The van der Waals surface area contributed by atoms with Gasteiger partial charge in [0.2, 0.25) is 11.8 Å². The van der Waals surface area contributed by atoms with Gasteiger partial charge in [0.05, 0.1) is 12.1 Å². The minimum Gasteiger partial charge on any atom is -0.376 e. The van der Waals surface area contributed by atoms with Gasteiger partial charge in [-0.1, -0.05) is 38.1 Å². The summed E-state index contributed by atoms with van der Waals surface area (Å²) in [5.41, 5.74) is 2.43. The summed E-state index contributed by atoms with van der Waals surface area (Å²) in [5.74, 6) is 0.0787. The predicted molar refractivity (Wildman–Crippen MR) is 104 cm³/mol. The van der Waals surface area contributed by atoms with Crippen LogP contribution in [-0.2, 0) is 27.3 Å². The van der Waals surface area contributed by atoms with Gasteiger partial charge in [-0.15, -0.1) is 0 Å². The molecule has 6 nitrogen and oxygen atoms in total. The molecule has 0 saturated carbocycles. The molecule has 3 N–H and O–H groups in total. The second-order valence-corrected chi connectivity index (χ2v) is 7.98. The van der Waals surface area contributed by atoms with Crippen molar-refractivity contribution >= 4 is 11.8 Å². The topological polar surface area (TPSA) is 79.5 Å². The molecular weight excluding hydrogens is 342 g/mol. The molecule has 0 aliphatic carbocycles. The predicted octanol–water partition coefficient (Wildman–Crippen LogP) is 1.53. The highest BCUT2D eigenvalue weighted by Crippen LogP contribution is 2.17. The lowest BCUT2D eigenvalue weighted by Gasteiger charge is -2.28. The van der Waals surface area contributed by atoms with Crippen LogP contribution in [0, 0.1) is 5.92 Å². The Labute approximate surface area is 161 Å². The first-order chi connectivity index (χ1) is 13.0. The van der Waals surface area contributed by atoms with E-state index < -0.39 is 6.04 Å². The van der Waals surface area contributed by atoms with Crippen molar-refractivity contribution in [3.8, 4) is 0 Å². The van der Waals surface area contributed by atoms with Gasteiger partial charge in [-0.2, -0.15) is 0 Å². The Balaban J connectivity index is 1.56. The summed E-state index contributed by atoms with van der Waals surface area (Å²) < 4.78 is 5.56. The summed E-state index contributed by atoms with van der Waals surface area (Å²) in [6, 6.07) is 7.34. The van der Waals surface area contributed by atoms with Crippen LogP contribution in [0.1, 0.15) is 44.2 Å². The van der Waals surface area contributed by atoms with Crippen LogP contribution >= 0.6 is 0 Å². The van der Waals surface area contributed by atoms with Gasteiger partial charge in [-0.05, 0) is 42.7 Å². The number of nitrogens with one attached hydrogen (secondary N) is 3. The zero-order valence-corrected chi connectivity index (χ0v) is 16.3. The Bertz CT molecular complexity index is 656. The van der Waals surface area contributed by atoms with Crippen molar-refractivity contribution in [1.29, 1.82) is 0 Å². The fourth-order valence-corrected chi connectivity index (χ4v) is 3.76. The number of rotatable bonds is 7. The molecule has 1 fully saturated rings. The molecule has 2 aliphatic heterocycles. The second-order valence-electron chi connectivity index (χ2n) is 7.98. The molecule has 6 heteroatoms. The van der Waals surface area contributed by atoms with E-state index in [-0.39, 0.29) is 24.0 Å². The number of carbonyl (C=O) groups excluding carboxylic acids is 2. The molecular formula is C21H31N3O3. The highest BCUT2D eigenvalue weighted by atomic mass is 16.5. The van der Waals surface area contributed by atoms with Crippen molar-refractivity contribution in [1.82, 2.24) is 16.0 Å². The van der Waals surface area contributed by atoms with Crippen molar-refractivity contribution < 1.29 is 14.3 Å². The average Bonchev–Trinajstić information content (AvgIpc) is 3.18. The highest BCUT2D eigenvalue weighted by molar-refractivity contribution is 5.90. The lowest BCUT2D eigenvalue weighted by Crippen LogP contribution is -2.55. The Morgan fingerprint density at radius 1 is 1.26 bits per heavy atom. The standard InChI is InChI=1S/C21H31N3O3/c1-14(2)10-19(20(25)23-13-17-8-5-9-27-17)24-21(26)18-11-15-6-3-4-7-16(15)12-22-18/h3-4,6-7,14,17-19,22H,5,8-13H2,1-2H3,(H,23,25)(H,24,26)/t17-,18-,19+/m0/s1. The normalized spacial score (nSPS) is 22.9. The van der Waals surface area contributed by atoms with Gasteiger partial charge in [0, 0.05) is 19.7 Å². The first kappa shape index (κ1) is 19.8. The largest absolute Gasteiger partial charge is 0.376 e. The van der Waals surface area contributed by atoms with Crippen molar-refractivity contribution in [3.05, 3.63) is 35.4 Å². The van der Waals surface area contributed by atoms with Gasteiger partial charge in [0.1, 0.15) is 6.04 Å². The summed E-state index contributed by atoms with van der Waals surface area (Å²) in [6.07, 6.45) is 3.38. The van der Waals surface area contributed by atoms with Crippen LogP contribution in [0.15, 0.2) is 24.3 Å². The first-order valence-electron chi connectivity index (χ1n) is 10.0.